The van der Waals surface area contributed by atoms with E-state index < -0.39 is 0 Å². The minimum absolute atomic E-state index is 0.499. The fourth-order valence-corrected chi connectivity index (χ4v) is 3.55. The van der Waals surface area contributed by atoms with E-state index in [-0.39, 0.29) is 0 Å². The molecule has 1 saturated carbocycles. The highest BCUT2D eigenvalue weighted by Gasteiger charge is 2.31. The van der Waals surface area contributed by atoms with Gasteiger partial charge in [0.1, 0.15) is 0 Å². The summed E-state index contributed by atoms with van der Waals surface area (Å²) in [6.07, 6.45) is 8.60. The van der Waals surface area contributed by atoms with Crippen LogP contribution in [0.3, 0.4) is 0 Å². The summed E-state index contributed by atoms with van der Waals surface area (Å²) in [6.45, 7) is 9.77. The molecule has 17 heavy (non-hydrogen) atoms. The highest BCUT2D eigenvalue weighted by molar-refractivity contribution is 4.84. The predicted molar refractivity (Wildman–Crippen MR) is 74.2 cm³/mol. The summed E-state index contributed by atoms with van der Waals surface area (Å²) >= 11 is 0. The molecule has 0 bridgehead atoms. The lowest BCUT2D eigenvalue weighted by Gasteiger charge is -2.33. The Morgan fingerprint density at radius 1 is 1.12 bits per heavy atom. The second-order valence-corrected chi connectivity index (χ2v) is 6.81. The van der Waals surface area contributed by atoms with Gasteiger partial charge in [-0.05, 0) is 62.6 Å². The van der Waals surface area contributed by atoms with Crippen molar-refractivity contribution in [2.75, 3.05) is 26.2 Å². The smallest absolute Gasteiger partial charge is 0.000529 e. The lowest BCUT2D eigenvalue weighted by Crippen LogP contribution is -2.40. The molecule has 100 valence electrons. The molecule has 1 aliphatic carbocycles. The number of hydrogen-bond acceptors (Lipinski definition) is 2. The third-order valence-corrected chi connectivity index (χ3v) is 4.87. The molecular formula is C15H30N2. The summed E-state index contributed by atoms with van der Waals surface area (Å²) in [5, 5.41) is 7.23. The molecule has 2 N–H and O–H groups in total. The maximum absolute atomic E-state index is 3.73. The number of nitrogens with one attached hydrogen (secondary N) is 2. The van der Waals surface area contributed by atoms with Crippen molar-refractivity contribution in [2.24, 2.45) is 17.3 Å². The van der Waals surface area contributed by atoms with Gasteiger partial charge in [0.2, 0.25) is 0 Å². The Morgan fingerprint density at radius 3 is 2.53 bits per heavy atom. The first-order valence-corrected chi connectivity index (χ1v) is 7.60. The van der Waals surface area contributed by atoms with Crippen LogP contribution in [0.2, 0.25) is 0 Å². The fourth-order valence-electron chi connectivity index (χ4n) is 3.55. The second kappa shape index (κ2) is 6.19. The normalized spacial score (nSPS) is 27.5. The predicted octanol–water partition coefficient (Wildman–Crippen LogP) is 2.79. The van der Waals surface area contributed by atoms with Crippen molar-refractivity contribution in [1.29, 1.82) is 0 Å². The molecule has 2 aliphatic rings. The van der Waals surface area contributed by atoms with Crippen molar-refractivity contribution in [3.05, 3.63) is 0 Å². The monoisotopic (exact) mass is 238 g/mol. The fraction of sp³-hybridized carbons (Fsp3) is 1.00. The van der Waals surface area contributed by atoms with Gasteiger partial charge in [-0.25, -0.2) is 0 Å². The van der Waals surface area contributed by atoms with Crippen LogP contribution >= 0.6 is 0 Å². The summed E-state index contributed by atoms with van der Waals surface area (Å²) in [6, 6.07) is 0. The van der Waals surface area contributed by atoms with Crippen LogP contribution in [0.1, 0.15) is 52.4 Å². The van der Waals surface area contributed by atoms with Crippen LogP contribution in [0.5, 0.6) is 0 Å². The van der Waals surface area contributed by atoms with Gasteiger partial charge >= 0.3 is 0 Å². The van der Waals surface area contributed by atoms with Crippen molar-refractivity contribution in [3.63, 3.8) is 0 Å². The summed E-state index contributed by atoms with van der Waals surface area (Å²) < 4.78 is 0. The Hall–Kier alpha value is -0.0800. The van der Waals surface area contributed by atoms with E-state index in [0.29, 0.717) is 5.41 Å². The summed E-state index contributed by atoms with van der Waals surface area (Å²) in [5.74, 6) is 1.82. The first kappa shape index (κ1) is 13.4. The first-order valence-electron chi connectivity index (χ1n) is 7.60. The molecule has 1 saturated heterocycles. The molecule has 1 atom stereocenters. The zero-order valence-corrected chi connectivity index (χ0v) is 11.7. The first-order chi connectivity index (χ1) is 8.18. The molecule has 1 unspecified atom stereocenters. The summed E-state index contributed by atoms with van der Waals surface area (Å²) in [4.78, 5) is 0. The molecule has 2 heteroatoms. The minimum Gasteiger partial charge on any atom is -0.316 e. The van der Waals surface area contributed by atoms with E-state index in [0.717, 1.165) is 11.8 Å². The summed E-state index contributed by atoms with van der Waals surface area (Å²) in [7, 11) is 0. The van der Waals surface area contributed by atoms with Crippen LogP contribution in [0.15, 0.2) is 0 Å². The van der Waals surface area contributed by atoms with E-state index in [1.807, 2.05) is 0 Å². The SMILES string of the molecule is CC(C)(CNCC1CCCNC1)C1CCCC1. The third kappa shape index (κ3) is 3.96. The molecule has 0 aromatic carbocycles. The molecule has 2 rings (SSSR count). The highest BCUT2D eigenvalue weighted by Crippen LogP contribution is 2.38. The van der Waals surface area contributed by atoms with E-state index in [1.165, 1.54) is 64.7 Å². The average molecular weight is 238 g/mol. The molecule has 0 aromatic rings. The van der Waals surface area contributed by atoms with Gasteiger partial charge in [-0.2, -0.15) is 0 Å². The van der Waals surface area contributed by atoms with Crippen molar-refractivity contribution < 1.29 is 0 Å². The quantitative estimate of drug-likeness (QED) is 0.769. The molecule has 1 heterocycles. The lowest BCUT2D eigenvalue weighted by molar-refractivity contribution is 0.202. The van der Waals surface area contributed by atoms with Crippen LogP contribution in [-0.2, 0) is 0 Å². The highest BCUT2D eigenvalue weighted by atomic mass is 14.9. The topological polar surface area (TPSA) is 24.1 Å². The second-order valence-electron chi connectivity index (χ2n) is 6.81. The third-order valence-electron chi connectivity index (χ3n) is 4.87. The van der Waals surface area contributed by atoms with Gasteiger partial charge in [0.25, 0.3) is 0 Å². The van der Waals surface area contributed by atoms with Crippen molar-refractivity contribution in [1.82, 2.24) is 10.6 Å². The Kier molecular flexibility index (Phi) is 4.87. The standard InChI is InChI=1S/C15H30N2/c1-15(2,14-7-3-4-8-14)12-17-11-13-6-5-9-16-10-13/h13-14,16-17H,3-12H2,1-2H3. The van der Waals surface area contributed by atoms with E-state index in [2.05, 4.69) is 24.5 Å². The molecule has 0 amide bonds. The van der Waals surface area contributed by atoms with Crippen molar-refractivity contribution in [3.8, 4) is 0 Å². The van der Waals surface area contributed by atoms with Crippen LogP contribution in [-0.4, -0.2) is 26.2 Å². The van der Waals surface area contributed by atoms with Gasteiger partial charge in [0.15, 0.2) is 0 Å². The van der Waals surface area contributed by atoms with Gasteiger partial charge in [0.05, 0.1) is 0 Å². The molecular weight excluding hydrogens is 208 g/mol. The van der Waals surface area contributed by atoms with E-state index >= 15 is 0 Å². The largest absolute Gasteiger partial charge is 0.316 e. The van der Waals surface area contributed by atoms with Crippen molar-refractivity contribution in [2.45, 2.75) is 52.4 Å². The maximum Gasteiger partial charge on any atom is 0.000529 e. The molecule has 0 aromatic heterocycles. The Morgan fingerprint density at radius 2 is 1.88 bits per heavy atom. The number of piperidine rings is 1. The number of rotatable bonds is 5. The van der Waals surface area contributed by atoms with Crippen LogP contribution in [0.4, 0.5) is 0 Å². The van der Waals surface area contributed by atoms with Gasteiger partial charge in [0, 0.05) is 6.54 Å². The summed E-state index contributed by atoms with van der Waals surface area (Å²) in [5.41, 5.74) is 0.499. The minimum atomic E-state index is 0.499. The molecule has 0 spiro atoms. The maximum atomic E-state index is 3.73. The molecule has 0 radical (unpaired) electrons. The van der Waals surface area contributed by atoms with Crippen LogP contribution in [0.25, 0.3) is 0 Å². The average Bonchev–Trinajstić information content (AvgIpc) is 2.84. The van der Waals surface area contributed by atoms with E-state index in [9.17, 15) is 0 Å². The van der Waals surface area contributed by atoms with Gasteiger partial charge in [-0.15, -0.1) is 0 Å². The molecule has 2 fully saturated rings. The number of hydrogen-bond donors (Lipinski definition) is 2. The van der Waals surface area contributed by atoms with Crippen molar-refractivity contribution >= 4 is 0 Å². The zero-order valence-electron chi connectivity index (χ0n) is 11.7. The van der Waals surface area contributed by atoms with Gasteiger partial charge in [-0.1, -0.05) is 26.7 Å². The van der Waals surface area contributed by atoms with Gasteiger partial charge < -0.3 is 10.6 Å². The zero-order chi connectivity index (χ0) is 12.1. The lowest BCUT2D eigenvalue weighted by atomic mass is 9.77. The Labute approximate surface area is 107 Å². The van der Waals surface area contributed by atoms with E-state index in [1.54, 1.807) is 0 Å². The van der Waals surface area contributed by atoms with Crippen LogP contribution in [0, 0.1) is 17.3 Å². The molecule has 1 aliphatic heterocycles. The van der Waals surface area contributed by atoms with Gasteiger partial charge in [-0.3, -0.25) is 0 Å². The van der Waals surface area contributed by atoms with E-state index in [4.69, 9.17) is 0 Å². The van der Waals surface area contributed by atoms with Crippen LogP contribution < -0.4 is 10.6 Å². The Balaban J connectivity index is 1.65. The Bertz CT molecular complexity index is 213. The molecule has 2 nitrogen and oxygen atoms in total.